The van der Waals surface area contributed by atoms with E-state index in [0.29, 0.717) is 5.56 Å². The topological polar surface area (TPSA) is 84.7 Å². The molecule has 0 bridgehead atoms. The van der Waals surface area contributed by atoms with Crippen LogP contribution < -0.4 is 11.6 Å². The highest BCUT2D eigenvalue weighted by molar-refractivity contribution is 5.78. The summed E-state index contributed by atoms with van der Waals surface area (Å²) < 4.78 is 0. The molecule has 0 amide bonds. The van der Waals surface area contributed by atoms with Crippen LogP contribution in [0.2, 0.25) is 0 Å². The lowest BCUT2D eigenvalue weighted by atomic mass is 10.1. The number of rotatable bonds is 1. The van der Waals surface area contributed by atoms with Gasteiger partial charge >= 0.3 is 0 Å². The number of fused-ring (bicyclic) bond motifs is 1. The first-order valence-electron chi connectivity index (χ1n) is 4.14. The predicted molar refractivity (Wildman–Crippen MR) is 52.9 cm³/mol. The Hall–Kier alpha value is -1.72. The van der Waals surface area contributed by atoms with Gasteiger partial charge in [-0.05, 0) is 18.2 Å². The minimum Gasteiger partial charge on any atom is -0.306 e. The lowest BCUT2D eigenvalue weighted by Gasteiger charge is -2.26. The van der Waals surface area contributed by atoms with Gasteiger partial charge in [0, 0.05) is 11.1 Å². The normalized spacial score (nSPS) is 19.3. The van der Waals surface area contributed by atoms with Crippen molar-refractivity contribution in [3.63, 3.8) is 0 Å². The zero-order valence-corrected chi connectivity index (χ0v) is 7.42. The van der Waals surface area contributed by atoms with Gasteiger partial charge in [-0.2, -0.15) is 0 Å². The maximum Gasteiger partial charge on any atom is 0.150 e. The molecule has 0 saturated heterocycles. The third-order valence-electron chi connectivity index (χ3n) is 2.16. The van der Waals surface area contributed by atoms with E-state index >= 15 is 0 Å². The van der Waals surface area contributed by atoms with Crippen LogP contribution in [-0.4, -0.2) is 17.6 Å². The predicted octanol–water partition coefficient (Wildman–Crippen LogP) is 0.305. The lowest BCUT2D eigenvalue weighted by Crippen LogP contribution is -2.40. The Balaban J connectivity index is 2.53. The number of nitrogens with two attached hydrogens (primary N) is 2. The highest BCUT2D eigenvalue weighted by atomic mass is 16.1. The first-order valence-corrected chi connectivity index (χ1v) is 4.14. The average Bonchev–Trinajstić information content (AvgIpc) is 2.23. The molecule has 5 nitrogen and oxygen atoms in total. The number of carbonyl (C=O) groups is 1. The van der Waals surface area contributed by atoms with E-state index < -0.39 is 6.17 Å². The summed E-state index contributed by atoms with van der Waals surface area (Å²) in [5.74, 6) is 5.56. The average molecular weight is 190 g/mol. The van der Waals surface area contributed by atoms with Crippen LogP contribution in [0.15, 0.2) is 23.2 Å². The van der Waals surface area contributed by atoms with Gasteiger partial charge in [-0.25, -0.2) is 10.8 Å². The quantitative estimate of drug-likeness (QED) is 0.493. The maximum absolute atomic E-state index is 10.6. The number of hydrazine groups is 1. The number of aldehydes is 1. The van der Waals surface area contributed by atoms with Crippen LogP contribution in [0.5, 0.6) is 0 Å². The van der Waals surface area contributed by atoms with Crippen molar-refractivity contribution in [3.05, 3.63) is 29.3 Å². The van der Waals surface area contributed by atoms with Crippen LogP contribution in [0.1, 0.15) is 22.1 Å². The molecule has 0 aromatic heterocycles. The van der Waals surface area contributed by atoms with Crippen molar-refractivity contribution in [2.75, 3.05) is 0 Å². The first-order chi connectivity index (χ1) is 6.72. The molecule has 14 heavy (non-hydrogen) atoms. The van der Waals surface area contributed by atoms with Gasteiger partial charge in [0.2, 0.25) is 0 Å². The summed E-state index contributed by atoms with van der Waals surface area (Å²) in [6.45, 7) is 0. The molecule has 0 radical (unpaired) electrons. The summed E-state index contributed by atoms with van der Waals surface area (Å²) in [7, 11) is 0. The second-order valence-corrected chi connectivity index (χ2v) is 3.07. The molecule has 1 aliphatic rings. The van der Waals surface area contributed by atoms with Crippen molar-refractivity contribution in [3.8, 4) is 0 Å². The van der Waals surface area contributed by atoms with Gasteiger partial charge in [0.1, 0.15) is 18.8 Å². The number of nitrogens with zero attached hydrogens (tertiary/aromatic N) is 2. The van der Waals surface area contributed by atoms with Crippen molar-refractivity contribution in [1.29, 1.82) is 0 Å². The molecule has 0 spiro atoms. The number of aliphatic imine (C=N–C) groups is 1. The number of hydrogen-bond donors (Lipinski definition) is 2. The van der Waals surface area contributed by atoms with Crippen molar-refractivity contribution in [2.45, 2.75) is 6.17 Å². The van der Waals surface area contributed by atoms with Gasteiger partial charge in [0.25, 0.3) is 0 Å². The number of hydrogen-bond acceptors (Lipinski definition) is 5. The lowest BCUT2D eigenvalue weighted by molar-refractivity contribution is 0.112. The molecule has 1 heterocycles. The molecule has 4 N–H and O–H groups in total. The van der Waals surface area contributed by atoms with E-state index in [1.54, 1.807) is 18.2 Å². The summed E-state index contributed by atoms with van der Waals surface area (Å²) in [5, 5.41) is 1.30. The van der Waals surface area contributed by atoms with Gasteiger partial charge in [0.15, 0.2) is 0 Å². The number of carbonyl (C=O) groups excluding carboxylic acids is 1. The van der Waals surface area contributed by atoms with Crippen molar-refractivity contribution in [2.24, 2.45) is 16.6 Å². The standard InChI is InChI=1S/C9H10N4O/c10-9-7-3-6(4-14)1-2-8(7)12-5-13(9)11/h1-5,9H,10-11H2. The van der Waals surface area contributed by atoms with Crippen LogP contribution in [0, 0.1) is 0 Å². The smallest absolute Gasteiger partial charge is 0.150 e. The largest absolute Gasteiger partial charge is 0.306 e. The molecule has 5 heteroatoms. The van der Waals surface area contributed by atoms with Crippen molar-refractivity contribution < 1.29 is 4.79 Å². The maximum atomic E-state index is 10.6. The van der Waals surface area contributed by atoms with E-state index in [4.69, 9.17) is 11.6 Å². The molecule has 1 unspecified atom stereocenters. The summed E-state index contributed by atoms with van der Waals surface area (Å²) in [6.07, 6.45) is 1.79. The highest BCUT2D eigenvalue weighted by Gasteiger charge is 2.18. The van der Waals surface area contributed by atoms with Crippen molar-refractivity contribution >= 4 is 18.3 Å². The second kappa shape index (κ2) is 3.21. The highest BCUT2D eigenvalue weighted by Crippen LogP contribution is 2.28. The van der Waals surface area contributed by atoms with E-state index in [1.165, 1.54) is 11.3 Å². The van der Waals surface area contributed by atoms with Gasteiger partial charge in [-0.15, -0.1) is 0 Å². The van der Waals surface area contributed by atoms with Crippen LogP contribution in [0.3, 0.4) is 0 Å². The van der Waals surface area contributed by atoms with Crippen LogP contribution >= 0.6 is 0 Å². The van der Waals surface area contributed by atoms with Gasteiger partial charge in [-0.3, -0.25) is 9.80 Å². The molecular weight excluding hydrogens is 180 g/mol. The summed E-state index contributed by atoms with van der Waals surface area (Å²) in [4.78, 5) is 14.6. The van der Waals surface area contributed by atoms with Gasteiger partial charge < -0.3 is 5.73 Å². The molecule has 1 atom stereocenters. The van der Waals surface area contributed by atoms with Crippen molar-refractivity contribution in [1.82, 2.24) is 5.01 Å². The van der Waals surface area contributed by atoms with Crippen LogP contribution in [0.4, 0.5) is 5.69 Å². The third-order valence-corrected chi connectivity index (χ3v) is 2.16. The SMILES string of the molecule is NC1c2cc(C=O)ccc2N=CN1N. The zero-order valence-electron chi connectivity index (χ0n) is 7.42. The van der Waals surface area contributed by atoms with E-state index in [2.05, 4.69) is 4.99 Å². The summed E-state index contributed by atoms with van der Waals surface area (Å²) in [6, 6.07) is 5.15. The molecule has 2 rings (SSSR count). The van der Waals surface area contributed by atoms with Gasteiger partial charge in [0.05, 0.1) is 5.69 Å². The number of benzene rings is 1. The Bertz CT molecular complexity index is 402. The zero-order chi connectivity index (χ0) is 10.1. The summed E-state index contributed by atoms with van der Waals surface area (Å²) in [5.41, 5.74) is 7.90. The van der Waals surface area contributed by atoms with E-state index in [1.807, 2.05) is 0 Å². The second-order valence-electron chi connectivity index (χ2n) is 3.07. The molecule has 0 saturated carbocycles. The minimum atomic E-state index is -0.442. The molecule has 72 valence electrons. The fourth-order valence-corrected chi connectivity index (χ4v) is 1.36. The van der Waals surface area contributed by atoms with Crippen LogP contribution in [0.25, 0.3) is 0 Å². The van der Waals surface area contributed by atoms with E-state index in [0.717, 1.165) is 17.5 Å². The van der Waals surface area contributed by atoms with Crippen LogP contribution in [-0.2, 0) is 0 Å². The monoisotopic (exact) mass is 190 g/mol. The third kappa shape index (κ3) is 1.28. The molecule has 1 aromatic carbocycles. The molecule has 1 aromatic rings. The Kier molecular flexibility index (Phi) is 2.03. The Morgan fingerprint density at radius 2 is 2.29 bits per heavy atom. The Morgan fingerprint density at radius 1 is 1.50 bits per heavy atom. The summed E-state index contributed by atoms with van der Waals surface area (Å²) >= 11 is 0. The fourth-order valence-electron chi connectivity index (χ4n) is 1.36. The molecule has 1 aliphatic heterocycles. The Labute approximate surface area is 81.0 Å². The minimum absolute atomic E-state index is 0.442. The first kappa shape index (κ1) is 8.86. The Morgan fingerprint density at radius 3 is 3.00 bits per heavy atom. The van der Waals surface area contributed by atoms with E-state index in [9.17, 15) is 4.79 Å². The molecule has 0 aliphatic carbocycles. The molecule has 0 fully saturated rings. The van der Waals surface area contributed by atoms with E-state index in [-0.39, 0.29) is 0 Å². The molecular formula is C9H10N4O. The fraction of sp³-hybridized carbons (Fsp3) is 0.111. The van der Waals surface area contributed by atoms with Gasteiger partial charge in [-0.1, -0.05) is 0 Å².